The maximum Gasteiger partial charge on any atom is 0.159 e. The van der Waals surface area contributed by atoms with E-state index < -0.39 is 0 Å². The standard InChI is InChI=1S/C67H56N2O2/c1-41-17-13-19-45(37-41)68(57-25-15-23-55-51-21-9-11-27-59(51)70-63(55)57)47-31-35-49-43(39-47)29-33-53-54-34-30-44-40-48(32-36-50(44)62(54)67(61(49)53,65(3,4)5)66(6,7)8)69(46-20-14-18-42(2)38-46)58-26-16-24-56-52-22-10-12-28-60(52)71-64(56)58/h9-40H,1-8H3. The molecular weight excluding hydrogens is 865 g/mol. The summed E-state index contributed by atoms with van der Waals surface area (Å²) in [5.41, 5.74) is 17.0. The molecule has 0 atom stereocenters. The van der Waals surface area contributed by atoms with Crippen molar-refractivity contribution in [1.29, 1.82) is 0 Å². The van der Waals surface area contributed by atoms with E-state index in [-0.39, 0.29) is 16.2 Å². The van der Waals surface area contributed by atoms with Crippen LogP contribution in [0, 0.1) is 24.7 Å². The fraction of sp³-hybridized carbons (Fsp3) is 0.164. The zero-order chi connectivity index (χ0) is 48.6. The van der Waals surface area contributed by atoms with E-state index in [1.54, 1.807) is 0 Å². The Hall–Kier alpha value is -8.08. The predicted molar refractivity (Wildman–Crippen MR) is 300 cm³/mol. The lowest BCUT2D eigenvalue weighted by molar-refractivity contribution is 0.0977. The minimum absolute atomic E-state index is 0.194. The lowest BCUT2D eigenvalue weighted by Crippen LogP contribution is -2.50. The van der Waals surface area contributed by atoms with Crippen molar-refractivity contribution in [3.8, 4) is 11.1 Å². The SMILES string of the molecule is Cc1cccc(N(c2ccc3c4c(ccc3c2)-c2ccc3cc(N(c5cccc(C)c5)c5cccc6c5oc5ccccc56)ccc3c2C4(C(C)(C)C)C(C)(C)C)c2cccc3c2oc2ccccc23)c1. The van der Waals surface area contributed by atoms with Gasteiger partial charge in [-0.15, -0.1) is 0 Å². The van der Waals surface area contributed by atoms with Crippen molar-refractivity contribution in [2.24, 2.45) is 10.8 Å². The second-order valence-corrected chi connectivity index (χ2v) is 21.9. The number of nitrogens with zero attached hydrogens (tertiary/aromatic N) is 2. The van der Waals surface area contributed by atoms with E-state index in [0.29, 0.717) is 0 Å². The maximum absolute atomic E-state index is 6.71. The smallest absolute Gasteiger partial charge is 0.159 e. The number of aryl methyl sites for hydroxylation is 2. The lowest BCUT2D eigenvalue weighted by Gasteiger charge is -2.53. The maximum atomic E-state index is 6.71. The predicted octanol–water partition coefficient (Wildman–Crippen LogP) is 19.7. The van der Waals surface area contributed by atoms with Gasteiger partial charge in [-0.1, -0.05) is 163 Å². The Bertz CT molecular complexity index is 3870. The molecule has 2 heterocycles. The molecule has 12 aromatic rings. The van der Waals surface area contributed by atoms with Crippen LogP contribution in [0.4, 0.5) is 34.1 Å². The molecule has 0 saturated heterocycles. The third-order valence-electron chi connectivity index (χ3n) is 15.6. The average Bonchev–Trinajstić information content (AvgIpc) is 4.04. The zero-order valence-corrected chi connectivity index (χ0v) is 41.7. The molecule has 0 N–H and O–H groups in total. The van der Waals surface area contributed by atoms with Gasteiger partial charge in [0.25, 0.3) is 0 Å². The Morgan fingerprint density at radius 2 is 0.746 bits per heavy atom. The van der Waals surface area contributed by atoms with Crippen LogP contribution in [-0.2, 0) is 5.41 Å². The van der Waals surface area contributed by atoms with Crippen molar-refractivity contribution in [3.05, 3.63) is 216 Å². The number of anilines is 6. The van der Waals surface area contributed by atoms with Crippen LogP contribution in [0.15, 0.2) is 203 Å². The molecule has 0 aliphatic heterocycles. The van der Waals surface area contributed by atoms with Crippen LogP contribution in [-0.4, -0.2) is 0 Å². The minimum Gasteiger partial charge on any atom is -0.454 e. The van der Waals surface area contributed by atoms with Gasteiger partial charge in [0.2, 0.25) is 0 Å². The monoisotopic (exact) mass is 920 g/mol. The first kappa shape index (κ1) is 43.0. The third kappa shape index (κ3) is 6.30. The molecule has 0 saturated carbocycles. The van der Waals surface area contributed by atoms with E-state index in [1.807, 2.05) is 12.1 Å². The Labute approximate surface area is 415 Å². The van der Waals surface area contributed by atoms with Crippen molar-refractivity contribution >= 4 is 99.5 Å². The molecule has 4 heteroatoms. The molecule has 71 heavy (non-hydrogen) atoms. The summed E-state index contributed by atoms with van der Waals surface area (Å²) in [4.78, 5) is 4.75. The topological polar surface area (TPSA) is 32.8 Å². The van der Waals surface area contributed by atoms with Gasteiger partial charge in [-0.25, -0.2) is 0 Å². The molecule has 0 radical (unpaired) electrons. The fourth-order valence-electron chi connectivity index (χ4n) is 13.1. The number of furan rings is 2. The van der Waals surface area contributed by atoms with Gasteiger partial charge in [0, 0.05) is 49.7 Å². The van der Waals surface area contributed by atoms with E-state index in [4.69, 9.17) is 8.83 Å². The Balaban J connectivity index is 1.01. The largest absolute Gasteiger partial charge is 0.454 e. The highest BCUT2D eigenvalue weighted by Gasteiger charge is 2.59. The van der Waals surface area contributed by atoms with Gasteiger partial charge in [-0.2, -0.15) is 0 Å². The molecule has 346 valence electrons. The summed E-state index contributed by atoms with van der Waals surface area (Å²) < 4.78 is 13.4. The highest BCUT2D eigenvalue weighted by atomic mass is 16.3. The van der Waals surface area contributed by atoms with E-state index in [1.165, 1.54) is 54.9 Å². The van der Waals surface area contributed by atoms with E-state index in [9.17, 15) is 0 Å². The number of para-hydroxylation sites is 4. The highest BCUT2D eigenvalue weighted by Crippen LogP contribution is 2.67. The molecule has 1 aliphatic carbocycles. The van der Waals surface area contributed by atoms with Gasteiger partial charge < -0.3 is 18.6 Å². The van der Waals surface area contributed by atoms with Gasteiger partial charge in [0.1, 0.15) is 11.2 Å². The molecule has 0 bridgehead atoms. The summed E-state index contributed by atoms with van der Waals surface area (Å²) in [7, 11) is 0. The first-order chi connectivity index (χ1) is 34.3. The normalized spacial score (nSPS) is 13.5. The van der Waals surface area contributed by atoms with E-state index in [0.717, 1.165) is 78.0 Å². The Morgan fingerprint density at radius 1 is 0.352 bits per heavy atom. The van der Waals surface area contributed by atoms with Gasteiger partial charge in [0.15, 0.2) is 11.2 Å². The van der Waals surface area contributed by atoms with Gasteiger partial charge in [0.05, 0.1) is 11.4 Å². The first-order valence-corrected chi connectivity index (χ1v) is 25.0. The summed E-state index contributed by atoms with van der Waals surface area (Å²) in [5.74, 6) is 0. The van der Waals surface area contributed by atoms with Crippen LogP contribution >= 0.6 is 0 Å². The number of rotatable bonds is 6. The molecular formula is C67H56N2O2. The van der Waals surface area contributed by atoms with Crippen LogP contribution in [0.3, 0.4) is 0 Å². The van der Waals surface area contributed by atoms with Crippen molar-refractivity contribution < 1.29 is 8.83 Å². The second kappa shape index (κ2) is 15.5. The van der Waals surface area contributed by atoms with Crippen LogP contribution < -0.4 is 9.80 Å². The molecule has 13 rings (SSSR count). The molecule has 0 spiro atoms. The van der Waals surface area contributed by atoms with Crippen molar-refractivity contribution in [2.45, 2.75) is 60.8 Å². The number of benzene rings is 10. The van der Waals surface area contributed by atoms with Crippen LogP contribution in [0.5, 0.6) is 0 Å². The van der Waals surface area contributed by atoms with E-state index in [2.05, 4.69) is 247 Å². The second-order valence-electron chi connectivity index (χ2n) is 21.9. The molecule has 0 amide bonds. The zero-order valence-electron chi connectivity index (χ0n) is 41.7. The van der Waals surface area contributed by atoms with Crippen LogP contribution in [0.2, 0.25) is 0 Å². The van der Waals surface area contributed by atoms with E-state index >= 15 is 0 Å². The van der Waals surface area contributed by atoms with Crippen molar-refractivity contribution in [2.75, 3.05) is 9.80 Å². The Morgan fingerprint density at radius 3 is 1.17 bits per heavy atom. The summed E-state index contributed by atoms with van der Waals surface area (Å²) in [5, 5.41) is 9.45. The van der Waals surface area contributed by atoms with Crippen molar-refractivity contribution in [1.82, 2.24) is 0 Å². The summed E-state index contributed by atoms with van der Waals surface area (Å²) in [6.07, 6.45) is 0. The first-order valence-electron chi connectivity index (χ1n) is 25.0. The fourth-order valence-corrected chi connectivity index (χ4v) is 13.1. The molecule has 0 unspecified atom stereocenters. The van der Waals surface area contributed by atoms with Gasteiger partial charge >= 0.3 is 0 Å². The number of hydrogen-bond donors (Lipinski definition) is 0. The summed E-state index contributed by atoms with van der Waals surface area (Å²) >= 11 is 0. The molecule has 1 aliphatic rings. The Kier molecular flexibility index (Phi) is 9.36. The van der Waals surface area contributed by atoms with Gasteiger partial charge in [-0.3, -0.25) is 0 Å². The summed E-state index contributed by atoms with van der Waals surface area (Å²) in [6.45, 7) is 19.1. The van der Waals surface area contributed by atoms with Gasteiger partial charge in [-0.05, 0) is 152 Å². The molecule has 10 aromatic carbocycles. The molecule has 2 aromatic heterocycles. The lowest BCUT2D eigenvalue weighted by atomic mass is 9.49. The van der Waals surface area contributed by atoms with Crippen LogP contribution in [0.1, 0.15) is 63.8 Å². The third-order valence-corrected chi connectivity index (χ3v) is 15.6. The van der Waals surface area contributed by atoms with Crippen LogP contribution in [0.25, 0.3) is 76.5 Å². The molecule has 4 nitrogen and oxygen atoms in total. The quantitative estimate of drug-likeness (QED) is 0.166. The molecule has 0 fully saturated rings. The average molecular weight is 921 g/mol. The number of fused-ring (bicyclic) bond motifs is 13. The highest BCUT2D eigenvalue weighted by molar-refractivity contribution is 6.13. The summed E-state index contributed by atoms with van der Waals surface area (Å²) in [6, 6.07) is 71.1. The van der Waals surface area contributed by atoms with Crippen molar-refractivity contribution in [3.63, 3.8) is 0 Å². The minimum atomic E-state index is -0.390. The number of hydrogen-bond acceptors (Lipinski definition) is 4.